The normalized spacial score (nSPS) is 11.0. The summed E-state index contributed by atoms with van der Waals surface area (Å²) in [7, 11) is -3.71. The lowest BCUT2D eigenvalue weighted by molar-refractivity contribution is -0.119. The smallest absolute Gasteiger partial charge is 0.261 e. The third-order valence-corrected chi connectivity index (χ3v) is 5.89. The number of sulfonamides is 1. The molecule has 0 aliphatic carbocycles. The van der Waals surface area contributed by atoms with Crippen molar-refractivity contribution in [1.82, 2.24) is 5.32 Å². The Hall–Kier alpha value is -2.45. The molecule has 29 heavy (non-hydrogen) atoms. The van der Waals surface area contributed by atoms with Crippen LogP contribution in [0.5, 0.6) is 0 Å². The third-order valence-electron chi connectivity index (χ3n) is 4.31. The molecule has 0 spiro atoms. The van der Waals surface area contributed by atoms with Crippen LogP contribution in [0.15, 0.2) is 47.4 Å². The van der Waals surface area contributed by atoms with E-state index in [0.29, 0.717) is 17.8 Å². The van der Waals surface area contributed by atoms with Crippen molar-refractivity contribution < 1.29 is 13.2 Å². The number of hydrogen-bond acceptors (Lipinski definition) is 4. The number of rotatable bonds is 8. The summed E-state index contributed by atoms with van der Waals surface area (Å²) in [6.07, 6.45) is 3.30. The first-order chi connectivity index (χ1) is 13.7. The average molecular weight is 434 g/mol. The van der Waals surface area contributed by atoms with E-state index in [1.54, 1.807) is 18.2 Å². The first-order valence-corrected chi connectivity index (χ1v) is 11.4. The van der Waals surface area contributed by atoms with Crippen molar-refractivity contribution in [3.63, 3.8) is 0 Å². The standard InChI is InChI=1S/C21H27N3O3S2/c1-4-5-6-7-20(25)23-21(28)22-17-9-11-18(12-10-17)29(26,27)24-19-13-8-15(2)14-16(19)3/h8-14,24H,4-7H2,1-3H3,(H2,22,23,25,28). The first kappa shape index (κ1) is 22.8. The molecule has 2 rings (SSSR count). The summed E-state index contributed by atoms with van der Waals surface area (Å²) in [5, 5.41) is 5.71. The first-order valence-electron chi connectivity index (χ1n) is 9.52. The summed E-state index contributed by atoms with van der Waals surface area (Å²) in [6, 6.07) is 11.7. The quantitative estimate of drug-likeness (QED) is 0.421. The van der Waals surface area contributed by atoms with E-state index in [1.165, 1.54) is 12.1 Å². The van der Waals surface area contributed by atoms with E-state index in [-0.39, 0.29) is 15.9 Å². The zero-order valence-corrected chi connectivity index (χ0v) is 18.5. The number of hydrogen-bond donors (Lipinski definition) is 3. The van der Waals surface area contributed by atoms with Crippen LogP contribution in [0.4, 0.5) is 11.4 Å². The molecule has 6 nitrogen and oxygen atoms in total. The van der Waals surface area contributed by atoms with Crippen molar-refractivity contribution in [2.75, 3.05) is 10.0 Å². The molecule has 2 aromatic rings. The van der Waals surface area contributed by atoms with Crippen molar-refractivity contribution in [2.45, 2.75) is 51.3 Å². The number of nitrogens with one attached hydrogen (secondary N) is 3. The van der Waals surface area contributed by atoms with Gasteiger partial charge in [-0.05, 0) is 68.4 Å². The highest BCUT2D eigenvalue weighted by molar-refractivity contribution is 7.92. The average Bonchev–Trinajstić information content (AvgIpc) is 2.64. The molecule has 0 aliphatic rings. The van der Waals surface area contributed by atoms with Crippen LogP contribution in [-0.2, 0) is 14.8 Å². The van der Waals surface area contributed by atoms with Crippen LogP contribution in [0, 0.1) is 13.8 Å². The van der Waals surface area contributed by atoms with Gasteiger partial charge in [0, 0.05) is 12.1 Å². The predicted molar refractivity (Wildman–Crippen MR) is 122 cm³/mol. The highest BCUT2D eigenvalue weighted by Gasteiger charge is 2.15. The Morgan fingerprint density at radius 2 is 1.72 bits per heavy atom. The van der Waals surface area contributed by atoms with Crippen molar-refractivity contribution >= 4 is 44.6 Å². The molecule has 0 saturated carbocycles. The van der Waals surface area contributed by atoms with Gasteiger partial charge in [0.2, 0.25) is 5.91 Å². The Labute approximate surface area is 178 Å². The van der Waals surface area contributed by atoms with Crippen LogP contribution in [0.3, 0.4) is 0 Å². The number of carbonyl (C=O) groups is 1. The molecule has 3 N–H and O–H groups in total. The topological polar surface area (TPSA) is 87.3 Å². The van der Waals surface area contributed by atoms with Gasteiger partial charge >= 0.3 is 0 Å². The second-order valence-corrected chi connectivity index (χ2v) is 9.00. The summed E-state index contributed by atoms with van der Waals surface area (Å²) < 4.78 is 27.9. The molecule has 0 fully saturated rings. The van der Waals surface area contributed by atoms with Crippen LogP contribution in [0.1, 0.15) is 43.7 Å². The zero-order chi connectivity index (χ0) is 21.4. The molecule has 0 saturated heterocycles. The molecular weight excluding hydrogens is 406 g/mol. The van der Waals surface area contributed by atoms with Crippen LogP contribution < -0.4 is 15.4 Å². The van der Waals surface area contributed by atoms with Crippen LogP contribution in [0.25, 0.3) is 0 Å². The van der Waals surface area contributed by atoms with Crippen molar-refractivity contribution in [1.29, 1.82) is 0 Å². The van der Waals surface area contributed by atoms with Crippen molar-refractivity contribution in [3.8, 4) is 0 Å². The molecule has 0 atom stereocenters. The predicted octanol–water partition coefficient (Wildman–Crippen LogP) is 4.50. The molecule has 0 unspecified atom stereocenters. The summed E-state index contributed by atoms with van der Waals surface area (Å²) >= 11 is 5.14. The number of benzene rings is 2. The number of carbonyl (C=O) groups excluding carboxylic acids is 1. The SMILES string of the molecule is CCCCCC(=O)NC(=S)Nc1ccc(S(=O)(=O)Nc2ccc(C)cc2C)cc1. The fourth-order valence-corrected chi connectivity index (χ4v) is 4.10. The summed E-state index contributed by atoms with van der Waals surface area (Å²) in [6.45, 7) is 5.88. The number of thiocarbonyl (C=S) groups is 1. The van der Waals surface area contributed by atoms with Gasteiger partial charge in [-0.15, -0.1) is 0 Å². The Bertz CT molecular complexity index is 971. The van der Waals surface area contributed by atoms with Crippen LogP contribution >= 0.6 is 12.2 Å². The minimum absolute atomic E-state index is 0.132. The largest absolute Gasteiger partial charge is 0.332 e. The third kappa shape index (κ3) is 7.14. The van der Waals surface area contributed by atoms with Gasteiger partial charge in [0.1, 0.15) is 0 Å². The Balaban J connectivity index is 1.98. The van der Waals surface area contributed by atoms with E-state index in [1.807, 2.05) is 26.0 Å². The van der Waals surface area contributed by atoms with Gasteiger partial charge in [-0.3, -0.25) is 9.52 Å². The highest BCUT2D eigenvalue weighted by atomic mass is 32.2. The maximum Gasteiger partial charge on any atom is 0.261 e. The van der Waals surface area contributed by atoms with Gasteiger partial charge in [-0.2, -0.15) is 0 Å². The molecule has 156 valence electrons. The molecule has 0 radical (unpaired) electrons. The molecule has 1 amide bonds. The number of anilines is 2. The number of aryl methyl sites for hydroxylation is 2. The lowest BCUT2D eigenvalue weighted by Gasteiger charge is -2.12. The minimum atomic E-state index is -3.71. The van der Waals surface area contributed by atoms with E-state index >= 15 is 0 Å². The lowest BCUT2D eigenvalue weighted by atomic mass is 10.1. The van der Waals surface area contributed by atoms with Gasteiger partial charge in [0.15, 0.2) is 5.11 Å². The van der Waals surface area contributed by atoms with E-state index in [9.17, 15) is 13.2 Å². The maximum atomic E-state index is 12.6. The molecular formula is C21H27N3O3S2. The van der Waals surface area contributed by atoms with Crippen molar-refractivity contribution in [2.24, 2.45) is 0 Å². The zero-order valence-electron chi connectivity index (χ0n) is 16.9. The summed E-state index contributed by atoms with van der Waals surface area (Å²) in [4.78, 5) is 11.9. The van der Waals surface area contributed by atoms with Crippen LogP contribution in [0.2, 0.25) is 0 Å². The van der Waals surface area contributed by atoms with E-state index < -0.39 is 10.0 Å². The minimum Gasteiger partial charge on any atom is -0.332 e. The van der Waals surface area contributed by atoms with E-state index in [0.717, 1.165) is 30.4 Å². The monoisotopic (exact) mass is 433 g/mol. The molecule has 0 aromatic heterocycles. The number of amides is 1. The van der Waals surface area contributed by atoms with Gasteiger partial charge in [-0.25, -0.2) is 8.42 Å². The van der Waals surface area contributed by atoms with Crippen molar-refractivity contribution in [3.05, 3.63) is 53.6 Å². The summed E-state index contributed by atoms with van der Waals surface area (Å²) in [5.74, 6) is -0.132. The highest BCUT2D eigenvalue weighted by Crippen LogP contribution is 2.21. The van der Waals surface area contributed by atoms with E-state index in [4.69, 9.17) is 12.2 Å². The second-order valence-electron chi connectivity index (χ2n) is 6.91. The lowest BCUT2D eigenvalue weighted by Crippen LogP contribution is -2.33. The van der Waals surface area contributed by atoms with Gasteiger partial charge in [-0.1, -0.05) is 37.5 Å². The van der Waals surface area contributed by atoms with Crippen LogP contribution in [-0.4, -0.2) is 19.4 Å². The van der Waals surface area contributed by atoms with Gasteiger partial charge in [0.25, 0.3) is 10.0 Å². The van der Waals surface area contributed by atoms with Gasteiger partial charge in [0.05, 0.1) is 10.6 Å². The molecule has 2 aromatic carbocycles. The fourth-order valence-electron chi connectivity index (χ4n) is 2.74. The maximum absolute atomic E-state index is 12.6. The number of unbranched alkanes of at least 4 members (excludes halogenated alkanes) is 2. The Morgan fingerprint density at radius 3 is 2.34 bits per heavy atom. The van der Waals surface area contributed by atoms with Gasteiger partial charge < -0.3 is 10.6 Å². The summed E-state index contributed by atoms with van der Waals surface area (Å²) in [5.41, 5.74) is 3.06. The molecule has 0 heterocycles. The Morgan fingerprint density at radius 1 is 1.03 bits per heavy atom. The fraction of sp³-hybridized carbons (Fsp3) is 0.333. The molecule has 0 bridgehead atoms. The molecule has 0 aliphatic heterocycles. The van der Waals surface area contributed by atoms with E-state index in [2.05, 4.69) is 22.3 Å². The Kier molecular flexibility index (Phi) is 8.16. The second kappa shape index (κ2) is 10.4. The molecule has 8 heteroatoms.